The fourth-order valence-corrected chi connectivity index (χ4v) is 3.57. The van der Waals surface area contributed by atoms with Gasteiger partial charge in [-0.15, -0.1) is 0 Å². The van der Waals surface area contributed by atoms with Gasteiger partial charge in [0.1, 0.15) is 0 Å². The Balaban J connectivity index is 0.000000200. The van der Waals surface area contributed by atoms with Crippen LogP contribution in [0.5, 0.6) is 0 Å². The summed E-state index contributed by atoms with van der Waals surface area (Å²) in [7, 11) is 0. The van der Waals surface area contributed by atoms with Crippen molar-refractivity contribution < 1.29 is 14.3 Å². The molecule has 0 aliphatic carbocycles. The Morgan fingerprint density at radius 1 is 0.879 bits per heavy atom. The number of nitrogens with two attached hydrogens (primary N) is 1. The second kappa shape index (κ2) is 8.96. The van der Waals surface area contributed by atoms with Crippen molar-refractivity contribution in [2.45, 2.75) is 13.8 Å². The van der Waals surface area contributed by atoms with Crippen LogP contribution in [0.25, 0.3) is 33.1 Å². The van der Waals surface area contributed by atoms with E-state index in [0.717, 1.165) is 27.5 Å². The number of fused-ring (bicyclic) bond motifs is 2. The molecule has 164 valence electrons. The minimum absolute atomic E-state index is 0.171. The molecule has 0 amide bonds. The summed E-state index contributed by atoms with van der Waals surface area (Å²) in [6.07, 6.45) is 0. The van der Waals surface area contributed by atoms with Crippen LogP contribution in [0.1, 0.15) is 21.5 Å². The molecule has 0 atom stereocenters. The van der Waals surface area contributed by atoms with E-state index in [-0.39, 0.29) is 11.2 Å². The molecule has 0 bridgehead atoms. The topological polar surface area (TPSA) is 106 Å². The minimum atomic E-state index is -0.980. The van der Waals surface area contributed by atoms with Gasteiger partial charge in [0.15, 0.2) is 0 Å². The number of benzene rings is 4. The Morgan fingerprint density at radius 2 is 1.58 bits per heavy atom. The number of hydrogen-bond donors (Lipinski definition) is 2. The molecule has 0 saturated heterocycles. The minimum Gasteiger partial charge on any atom is -0.478 e. The standard InChI is InChI=1S/C19H13NO2.C8H9NO2/c1-12-9-10-17-16(11-12)19(21)22-18(20-17)15-8-4-6-13-5-2-3-7-14(13)15;1-5-2-3-7(9)6(4-5)8(10)11/h2-11H,1H3;2-4H,9H2,1H3,(H,10,11). The lowest BCUT2D eigenvalue weighted by Gasteiger charge is -2.06. The molecule has 5 rings (SSSR count). The first-order valence-electron chi connectivity index (χ1n) is 10.3. The monoisotopic (exact) mass is 438 g/mol. The van der Waals surface area contributed by atoms with E-state index in [4.69, 9.17) is 15.3 Å². The fourth-order valence-electron chi connectivity index (χ4n) is 3.57. The molecule has 0 saturated carbocycles. The number of aryl methyl sites for hydroxylation is 2. The zero-order valence-corrected chi connectivity index (χ0v) is 18.2. The number of aromatic nitrogens is 1. The van der Waals surface area contributed by atoms with Crippen LogP contribution in [0.3, 0.4) is 0 Å². The number of carboxylic acid groups (broad SMARTS) is 1. The van der Waals surface area contributed by atoms with Crippen LogP contribution in [-0.2, 0) is 0 Å². The largest absolute Gasteiger partial charge is 0.478 e. The van der Waals surface area contributed by atoms with Crippen molar-refractivity contribution in [3.05, 3.63) is 106 Å². The summed E-state index contributed by atoms with van der Waals surface area (Å²) in [6, 6.07) is 24.4. The lowest BCUT2D eigenvalue weighted by molar-refractivity contribution is 0.0698. The van der Waals surface area contributed by atoms with E-state index in [1.807, 2.05) is 68.4 Å². The molecule has 6 heteroatoms. The molecule has 0 radical (unpaired) electrons. The highest BCUT2D eigenvalue weighted by molar-refractivity contribution is 5.95. The van der Waals surface area contributed by atoms with Crippen molar-refractivity contribution in [2.24, 2.45) is 0 Å². The van der Waals surface area contributed by atoms with Crippen molar-refractivity contribution in [1.82, 2.24) is 4.98 Å². The Bertz CT molecular complexity index is 1550. The van der Waals surface area contributed by atoms with Crippen LogP contribution in [0.4, 0.5) is 5.69 Å². The Hall–Kier alpha value is -4.45. The molecule has 5 aromatic rings. The summed E-state index contributed by atoms with van der Waals surface area (Å²) in [4.78, 5) is 27.3. The zero-order valence-electron chi connectivity index (χ0n) is 18.2. The average molecular weight is 438 g/mol. The Morgan fingerprint density at radius 3 is 2.33 bits per heavy atom. The number of rotatable bonds is 2. The lowest BCUT2D eigenvalue weighted by atomic mass is 10.0. The van der Waals surface area contributed by atoms with E-state index in [0.29, 0.717) is 22.5 Å². The maximum absolute atomic E-state index is 12.3. The van der Waals surface area contributed by atoms with E-state index < -0.39 is 5.97 Å². The van der Waals surface area contributed by atoms with Gasteiger partial charge in [-0.25, -0.2) is 14.6 Å². The van der Waals surface area contributed by atoms with Gasteiger partial charge in [-0.1, -0.05) is 59.7 Å². The van der Waals surface area contributed by atoms with E-state index in [1.165, 1.54) is 0 Å². The number of aromatic carboxylic acids is 1. The highest BCUT2D eigenvalue weighted by atomic mass is 16.4. The molecule has 1 aromatic heterocycles. The number of carbonyl (C=O) groups is 1. The third-order valence-corrected chi connectivity index (χ3v) is 5.24. The second-order valence-corrected chi connectivity index (χ2v) is 7.75. The Kier molecular flexibility index (Phi) is 5.91. The molecule has 0 unspecified atom stereocenters. The van der Waals surface area contributed by atoms with Crippen molar-refractivity contribution in [2.75, 3.05) is 5.73 Å². The van der Waals surface area contributed by atoms with E-state index in [2.05, 4.69) is 4.98 Å². The quantitative estimate of drug-likeness (QED) is 0.348. The van der Waals surface area contributed by atoms with Crippen LogP contribution in [0.2, 0.25) is 0 Å². The van der Waals surface area contributed by atoms with Gasteiger partial charge in [0, 0.05) is 11.3 Å². The van der Waals surface area contributed by atoms with Crippen molar-refractivity contribution in [3.63, 3.8) is 0 Å². The molecule has 1 heterocycles. The normalized spacial score (nSPS) is 10.6. The summed E-state index contributed by atoms with van der Waals surface area (Å²) in [5.41, 5.74) is 8.94. The van der Waals surface area contributed by atoms with E-state index >= 15 is 0 Å². The molecule has 0 aliphatic heterocycles. The number of anilines is 1. The highest BCUT2D eigenvalue weighted by Gasteiger charge is 2.11. The second-order valence-electron chi connectivity index (χ2n) is 7.75. The molecular formula is C27H22N2O4. The summed E-state index contributed by atoms with van der Waals surface area (Å²) in [6.45, 7) is 3.77. The van der Waals surface area contributed by atoms with Gasteiger partial charge in [0.05, 0.1) is 16.5 Å². The predicted molar refractivity (Wildman–Crippen MR) is 131 cm³/mol. The SMILES string of the molecule is Cc1ccc(N)c(C(=O)O)c1.Cc1ccc2nc(-c3cccc4ccccc34)oc(=O)c2c1. The molecule has 0 spiro atoms. The van der Waals surface area contributed by atoms with E-state index in [1.54, 1.807) is 24.3 Å². The van der Waals surface area contributed by atoms with Crippen LogP contribution in [0.15, 0.2) is 88.1 Å². The maximum atomic E-state index is 12.3. The number of nitrogen functional groups attached to an aromatic ring is 1. The number of carboxylic acids is 1. The summed E-state index contributed by atoms with van der Waals surface area (Å²) >= 11 is 0. The summed E-state index contributed by atoms with van der Waals surface area (Å²) < 4.78 is 5.47. The highest BCUT2D eigenvalue weighted by Crippen LogP contribution is 2.27. The Labute approximate surface area is 189 Å². The van der Waals surface area contributed by atoms with Gasteiger partial charge in [-0.2, -0.15) is 0 Å². The van der Waals surface area contributed by atoms with Crippen molar-refractivity contribution >= 4 is 33.3 Å². The molecule has 0 aliphatic rings. The smallest absolute Gasteiger partial charge is 0.347 e. The predicted octanol–water partition coefficient (Wildman–Crippen LogP) is 5.59. The van der Waals surface area contributed by atoms with Crippen molar-refractivity contribution in [3.8, 4) is 11.5 Å². The van der Waals surface area contributed by atoms with Crippen LogP contribution >= 0.6 is 0 Å². The van der Waals surface area contributed by atoms with Crippen molar-refractivity contribution in [1.29, 1.82) is 0 Å². The first-order valence-corrected chi connectivity index (χ1v) is 10.3. The summed E-state index contributed by atoms with van der Waals surface area (Å²) in [5, 5.41) is 11.2. The first-order chi connectivity index (χ1) is 15.8. The third-order valence-electron chi connectivity index (χ3n) is 5.24. The molecule has 6 nitrogen and oxygen atoms in total. The van der Waals surface area contributed by atoms with Gasteiger partial charge >= 0.3 is 11.6 Å². The number of hydrogen-bond acceptors (Lipinski definition) is 5. The number of nitrogens with zero attached hydrogens (tertiary/aromatic N) is 1. The summed E-state index contributed by atoms with van der Waals surface area (Å²) in [5.74, 6) is -0.621. The molecular weight excluding hydrogens is 416 g/mol. The van der Waals surface area contributed by atoms with Gasteiger partial charge in [-0.05, 0) is 55.0 Å². The van der Waals surface area contributed by atoms with Crippen LogP contribution in [-0.4, -0.2) is 16.1 Å². The molecule has 3 N–H and O–H groups in total. The molecule has 4 aromatic carbocycles. The maximum Gasteiger partial charge on any atom is 0.347 e. The van der Waals surface area contributed by atoms with Crippen LogP contribution < -0.4 is 11.4 Å². The molecule has 0 fully saturated rings. The third kappa shape index (κ3) is 4.60. The average Bonchev–Trinajstić information content (AvgIpc) is 2.81. The van der Waals surface area contributed by atoms with Gasteiger partial charge in [0.25, 0.3) is 0 Å². The fraction of sp³-hybridized carbons (Fsp3) is 0.0741. The zero-order chi connectivity index (χ0) is 23.5. The van der Waals surface area contributed by atoms with Gasteiger partial charge < -0.3 is 15.3 Å². The van der Waals surface area contributed by atoms with Gasteiger partial charge in [-0.3, -0.25) is 0 Å². The van der Waals surface area contributed by atoms with Gasteiger partial charge in [0.2, 0.25) is 5.89 Å². The first kappa shape index (κ1) is 21.8. The lowest BCUT2D eigenvalue weighted by Crippen LogP contribution is -2.03. The van der Waals surface area contributed by atoms with E-state index in [9.17, 15) is 9.59 Å². The van der Waals surface area contributed by atoms with Crippen LogP contribution in [0, 0.1) is 13.8 Å². The molecule has 33 heavy (non-hydrogen) atoms.